The third-order valence-corrected chi connectivity index (χ3v) is 4.51. The van der Waals surface area contributed by atoms with E-state index in [1.165, 1.54) is 6.92 Å². The van der Waals surface area contributed by atoms with Crippen LogP contribution >= 0.6 is 0 Å². The minimum Gasteiger partial charge on any atom is -0.355 e. The van der Waals surface area contributed by atoms with E-state index in [0.29, 0.717) is 36.0 Å². The Bertz CT molecular complexity index is 1030. The first-order chi connectivity index (χ1) is 13.0. The Balaban J connectivity index is 1.70. The first kappa shape index (κ1) is 17.0. The zero-order valence-electron chi connectivity index (χ0n) is 15.1. The van der Waals surface area contributed by atoms with Crippen molar-refractivity contribution in [1.82, 2.24) is 9.97 Å². The third-order valence-electron chi connectivity index (χ3n) is 4.51. The van der Waals surface area contributed by atoms with Gasteiger partial charge in [0.2, 0.25) is 5.91 Å². The van der Waals surface area contributed by atoms with Gasteiger partial charge in [0.05, 0.1) is 11.0 Å². The topological polar surface area (TPSA) is 78.4 Å². The van der Waals surface area contributed by atoms with Gasteiger partial charge in [-0.3, -0.25) is 14.5 Å². The minimum absolute atomic E-state index is 0.136. The van der Waals surface area contributed by atoms with Gasteiger partial charge in [-0.05, 0) is 36.4 Å². The second-order valence-electron chi connectivity index (χ2n) is 6.50. The Morgan fingerprint density at radius 3 is 2.19 bits per heavy atom. The Hall–Kier alpha value is -3.48. The molecule has 0 saturated heterocycles. The normalized spacial score (nSPS) is 13.4. The first-order valence-corrected chi connectivity index (χ1v) is 8.70. The predicted molar refractivity (Wildman–Crippen MR) is 105 cm³/mol. The van der Waals surface area contributed by atoms with Crippen molar-refractivity contribution in [1.29, 1.82) is 0 Å². The number of fused-ring (bicyclic) bond motifs is 2. The summed E-state index contributed by atoms with van der Waals surface area (Å²) < 4.78 is 0. The molecule has 0 fully saturated rings. The molecule has 0 bridgehead atoms. The van der Waals surface area contributed by atoms with Crippen molar-refractivity contribution >= 4 is 40.2 Å². The summed E-state index contributed by atoms with van der Waals surface area (Å²) in [7, 11) is 1.95. The lowest BCUT2D eigenvalue weighted by Gasteiger charge is -2.33. The maximum atomic E-state index is 13.1. The first-order valence-electron chi connectivity index (χ1n) is 8.70. The molecule has 1 aliphatic heterocycles. The highest BCUT2D eigenvalue weighted by Gasteiger charge is 2.29. The van der Waals surface area contributed by atoms with Gasteiger partial charge in [0.25, 0.3) is 5.91 Å². The fourth-order valence-corrected chi connectivity index (χ4v) is 3.13. The number of anilines is 3. The second-order valence-corrected chi connectivity index (χ2v) is 6.50. The third kappa shape index (κ3) is 3.19. The molecule has 0 spiro atoms. The summed E-state index contributed by atoms with van der Waals surface area (Å²) >= 11 is 0. The van der Waals surface area contributed by atoms with Crippen molar-refractivity contribution in [2.75, 3.05) is 35.3 Å². The molecule has 0 aliphatic carbocycles. The monoisotopic (exact) mass is 361 g/mol. The smallest absolute Gasteiger partial charge is 0.259 e. The number of benzene rings is 2. The van der Waals surface area contributed by atoms with Crippen LogP contribution in [0.5, 0.6) is 0 Å². The van der Waals surface area contributed by atoms with E-state index in [-0.39, 0.29) is 11.8 Å². The molecule has 136 valence electrons. The molecule has 0 radical (unpaired) electrons. The van der Waals surface area contributed by atoms with E-state index in [0.717, 1.165) is 11.0 Å². The van der Waals surface area contributed by atoms with Crippen molar-refractivity contribution in [2.45, 2.75) is 6.92 Å². The van der Waals surface area contributed by atoms with E-state index >= 15 is 0 Å². The van der Waals surface area contributed by atoms with Crippen LogP contribution in [-0.2, 0) is 4.79 Å². The average molecular weight is 361 g/mol. The van der Waals surface area contributed by atoms with Crippen LogP contribution in [0.3, 0.4) is 0 Å². The van der Waals surface area contributed by atoms with Crippen molar-refractivity contribution in [3.8, 4) is 0 Å². The molecule has 3 aromatic rings. The van der Waals surface area contributed by atoms with Crippen LogP contribution in [0.15, 0.2) is 48.5 Å². The zero-order chi connectivity index (χ0) is 19.0. The number of nitrogens with zero attached hydrogens (tertiary/aromatic N) is 4. The molecule has 0 unspecified atom stereocenters. The van der Waals surface area contributed by atoms with E-state index < -0.39 is 0 Å². The summed E-state index contributed by atoms with van der Waals surface area (Å²) in [5.74, 6) is 0.981. The largest absolute Gasteiger partial charge is 0.355 e. The van der Waals surface area contributed by atoms with E-state index in [9.17, 15) is 9.59 Å². The van der Waals surface area contributed by atoms with E-state index in [1.807, 2.05) is 36.2 Å². The fraction of sp³-hybridized carbons (Fsp3) is 0.200. The average Bonchev–Trinajstić information content (AvgIpc) is 2.67. The van der Waals surface area contributed by atoms with Crippen LogP contribution in [0.25, 0.3) is 11.0 Å². The molecule has 0 saturated carbocycles. The summed E-state index contributed by atoms with van der Waals surface area (Å²) in [6.07, 6.45) is 0. The van der Waals surface area contributed by atoms with E-state index in [1.54, 1.807) is 29.2 Å². The summed E-state index contributed by atoms with van der Waals surface area (Å²) in [5.41, 5.74) is 2.75. The van der Waals surface area contributed by atoms with Crippen LogP contribution < -0.4 is 15.1 Å². The molecular formula is C20H19N5O2. The lowest BCUT2D eigenvalue weighted by atomic mass is 10.1. The standard InChI is InChI=1S/C20H19N5O2/c1-13(26)21-15-9-7-14(8-10-15)20(27)25-12-11-24(2)18-19(25)23-17-6-4-3-5-16(17)22-18/h3-10H,11-12H2,1-2H3,(H,21,26). The van der Waals surface area contributed by atoms with E-state index in [4.69, 9.17) is 9.97 Å². The van der Waals surface area contributed by atoms with E-state index in [2.05, 4.69) is 5.32 Å². The summed E-state index contributed by atoms with van der Waals surface area (Å²) in [6, 6.07) is 14.5. The molecule has 1 aromatic heterocycles. The number of nitrogens with one attached hydrogen (secondary N) is 1. The van der Waals surface area contributed by atoms with Gasteiger partial charge < -0.3 is 10.2 Å². The molecule has 27 heavy (non-hydrogen) atoms. The van der Waals surface area contributed by atoms with Crippen LogP contribution in [-0.4, -0.2) is 41.9 Å². The lowest BCUT2D eigenvalue weighted by molar-refractivity contribution is -0.114. The van der Waals surface area contributed by atoms with Gasteiger partial charge in [-0.1, -0.05) is 12.1 Å². The fourth-order valence-electron chi connectivity index (χ4n) is 3.13. The van der Waals surface area contributed by atoms with Gasteiger partial charge in [-0.15, -0.1) is 0 Å². The number of amides is 2. The molecule has 1 N–H and O–H groups in total. The van der Waals surface area contributed by atoms with Crippen LogP contribution in [0.1, 0.15) is 17.3 Å². The highest BCUT2D eigenvalue weighted by Crippen LogP contribution is 2.31. The zero-order valence-corrected chi connectivity index (χ0v) is 15.1. The summed E-state index contributed by atoms with van der Waals surface area (Å²) in [6.45, 7) is 2.65. The maximum absolute atomic E-state index is 13.1. The van der Waals surface area contributed by atoms with Crippen molar-refractivity contribution in [3.63, 3.8) is 0 Å². The van der Waals surface area contributed by atoms with Crippen LogP contribution in [0.4, 0.5) is 17.3 Å². The number of aromatic nitrogens is 2. The highest BCUT2D eigenvalue weighted by molar-refractivity contribution is 6.08. The molecule has 4 rings (SSSR count). The summed E-state index contributed by atoms with van der Waals surface area (Å²) in [4.78, 5) is 37.3. The van der Waals surface area contributed by atoms with Gasteiger partial charge in [0.1, 0.15) is 0 Å². The van der Waals surface area contributed by atoms with Crippen LogP contribution in [0, 0.1) is 0 Å². The molecule has 7 heteroatoms. The van der Waals surface area contributed by atoms with Crippen molar-refractivity contribution in [3.05, 3.63) is 54.1 Å². The maximum Gasteiger partial charge on any atom is 0.259 e. The van der Waals surface area contributed by atoms with Gasteiger partial charge in [-0.2, -0.15) is 0 Å². The van der Waals surface area contributed by atoms with Gasteiger partial charge in [0.15, 0.2) is 11.6 Å². The molecule has 2 amide bonds. The highest BCUT2D eigenvalue weighted by atomic mass is 16.2. The number of likely N-dealkylation sites (N-methyl/N-ethyl adjacent to an activating group) is 1. The van der Waals surface area contributed by atoms with Crippen molar-refractivity contribution in [2.24, 2.45) is 0 Å². The predicted octanol–water partition coefficient (Wildman–Crippen LogP) is 2.68. The number of hydrogen-bond acceptors (Lipinski definition) is 5. The Kier molecular flexibility index (Phi) is 4.19. The molecule has 2 aromatic carbocycles. The van der Waals surface area contributed by atoms with Gasteiger partial charge >= 0.3 is 0 Å². The Labute approximate surface area is 156 Å². The number of carbonyl (C=O) groups excluding carboxylic acids is 2. The molecule has 1 aliphatic rings. The number of carbonyl (C=O) groups is 2. The van der Waals surface area contributed by atoms with Gasteiger partial charge in [0, 0.05) is 38.3 Å². The molecule has 7 nitrogen and oxygen atoms in total. The lowest BCUT2D eigenvalue weighted by Crippen LogP contribution is -2.43. The SMILES string of the molecule is CC(=O)Nc1ccc(C(=O)N2CCN(C)c3nc4ccccc4nc32)cc1. The Morgan fingerprint density at radius 1 is 0.926 bits per heavy atom. The molecular weight excluding hydrogens is 342 g/mol. The minimum atomic E-state index is -0.149. The van der Waals surface area contributed by atoms with Crippen molar-refractivity contribution < 1.29 is 9.59 Å². The number of rotatable bonds is 2. The van der Waals surface area contributed by atoms with Crippen LogP contribution in [0.2, 0.25) is 0 Å². The number of para-hydroxylation sites is 2. The Morgan fingerprint density at radius 2 is 1.56 bits per heavy atom. The quantitative estimate of drug-likeness (QED) is 0.759. The second kappa shape index (κ2) is 6.68. The van der Waals surface area contributed by atoms with Gasteiger partial charge in [-0.25, -0.2) is 9.97 Å². The summed E-state index contributed by atoms with van der Waals surface area (Å²) in [5, 5.41) is 2.70. The molecule has 2 heterocycles. The molecule has 0 atom stereocenters. The number of hydrogen-bond donors (Lipinski definition) is 1.